The number of nitrogens with zero attached hydrogens (tertiary/aromatic N) is 1. The van der Waals surface area contributed by atoms with Gasteiger partial charge in [0, 0.05) is 18.6 Å². The molecule has 20 heavy (non-hydrogen) atoms. The van der Waals surface area contributed by atoms with Crippen LogP contribution < -0.4 is 4.72 Å². The summed E-state index contributed by atoms with van der Waals surface area (Å²) < 4.78 is 29.0. The van der Waals surface area contributed by atoms with Crippen LogP contribution in [0.2, 0.25) is 0 Å². The molecule has 0 spiro atoms. The Labute approximate surface area is 121 Å². The normalized spacial score (nSPS) is 19.1. The van der Waals surface area contributed by atoms with Gasteiger partial charge in [0.1, 0.15) is 0 Å². The molecule has 1 fully saturated rings. The van der Waals surface area contributed by atoms with E-state index in [1.165, 1.54) is 4.31 Å². The molecule has 7 heteroatoms. The number of carboxylic acids is 1. The zero-order valence-corrected chi connectivity index (χ0v) is 13.4. The molecule has 0 saturated carbocycles. The zero-order valence-electron chi connectivity index (χ0n) is 12.6. The number of aliphatic carboxylic acids is 1. The Bertz CT molecular complexity index is 415. The van der Waals surface area contributed by atoms with Crippen molar-refractivity contribution in [1.29, 1.82) is 0 Å². The molecule has 2 N–H and O–H groups in total. The molecule has 0 bridgehead atoms. The Hall–Kier alpha value is -0.660. The number of hydrogen-bond acceptors (Lipinski definition) is 3. The highest BCUT2D eigenvalue weighted by molar-refractivity contribution is 7.87. The van der Waals surface area contributed by atoms with Crippen molar-refractivity contribution in [2.45, 2.75) is 58.4 Å². The minimum atomic E-state index is -3.54. The molecular weight excluding hydrogens is 280 g/mol. The summed E-state index contributed by atoms with van der Waals surface area (Å²) in [7, 11) is -3.54. The van der Waals surface area contributed by atoms with Gasteiger partial charge in [0.2, 0.25) is 0 Å². The minimum Gasteiger partial charge on any atom is -0.481 e. The van der Waals surface area contributed by atoms with E-state index in [2.05, 4.69) is 4.72 Å². The fraction of sp³-hybridized carbons (Fsp3) is 0.923. The van der Waals surface area contributed by atoms with Gasteiger partial charge in [-0.15, -0.1) is 0 Å². The van der Waals surface area contributed by atoms with Crippen molar-refractivity contribution in [3.05, 3.63) is 0 Å². The van der Waals surface area contributed by atoms with Gasteiger partial charge in [-0.05, 0) is 32.1 Å². The summed E-state index contributed by atoms with van der Waals surface area (Å²) >= 11 is 0. The number of hydrogen-bond donors (Lipinski definition) is 2. The van der Waals surface area contributed by atoms with Crippen LogP contribution in [-0.2, 0) is 15.0 Å². The molecule has 1 aliphatic heterocycles. The lowest BCUT2D eigenvalue weighted by molar-refractivity contribution is -0.142. The summed E-state index contributed by atoms with van der Waals surface area (Å²) in [5, 5.41) is 8.94. The second-order valence-electron chi connectivity index (χ2n) is 5.46. The molecule has 0 amide bonds. The fourth-order valence-electron chi connectivity index (χ4n) is 2.65. The van der Waals surface area contributed by atoms with Gasteiger partial charge in [-0.1, -0.05) is 20.8 Å². The minimum absolute atomic E-state index is 0.277. The van der Waals surface area contributed by atoms with E-state index in [0.717, 1.165) is 19.3 Å². The van der Waals surface area contributed by atoms with Gasteiger partial charge in [-0.3, -0.25) is 4.79 Å². The van der Waals surface area contributed by atoms with Crippen molar-refractivity contribution in [3.8, 4) is 0 Å². The van der Waals surface area contributed by atoms with Crippen molar-refractivity contribution in [2.24, 2.45) is 5.92 Å². The molecular formula is C13H26N2O4S. The lowest BCUT2D eigenvalue weighted by Gasteiger charge is -2.36. The molecule has 0 aromatic rings. The number of rotatable bonds is 7. The molecule has 0 aliphatic carbocycles. The predicted octanol–water partition coefficient (Wildman–Crippen LogP) is 1.59. The van der Waals surface area contributed by atoms with Crippen molar-refractivity contribution < 1.29 is 18.3 Å². The molecule has 6 nitrogen and oxygen atoms in total. The Morgan fingerprint density at radius 3 is 2.00 bits per heavy atom. The van der Waals surface area contributed by atoms with Crippen LogP contribution in [0.1, 0.15) is 52.9 Å². The fourth-order valence-corrected chi connectivity index (χ4v) is 4.45. The number of nitrogens with one attached hydrogen (secondary N) is 1. The van der Waals surface area contributed by atoms with Crippen LogP contribution in [-0.4, -0.2) is 42.4 Å². The summed E-state index contributed by atoms with van der Waals surface area (Å²) in [5.74, 6) is -1.25. The standard InChI is InChI=1S/C13H26N2O4S/c1-4-13(5-2,6-3)14-20(18,19)15-9-7-11(8-10-15)12(16)17/h11,14H,4-10H2,1-3H3,(H,16,17). The quantitative estimate of drug-likeness (QED) is 0.748. The van der Waals surface area contributed by atoms with Crippen LogP contribution >= 0.6 is 0 Å². The van der Waals surface area contributed by atoms with Crippen molar-refractivity contribution in [2.75, 3.05) is 13.1 Å². The number of carbonyl (C=O) groups is 1. The van der Waals surface area contributed by atoms with E-state index in [9.17, 15) is 13.2 Å². The molecule has 0 aromatic heterocycles. The van der Waals surface area contributed by atoms with E-state index in [-0.39, 0.29) is 13.1 Å². The third-order valence-electron chi connectivity index (χ3n) is 4.52. The van der Waals surface area contributed by atoms with Gasteiger partial charge in [0.05, 0.1) is 5.92 Å². The van der Waals surface area contributed by atoms with Gasteiger partial charge >= 0.3 is 5.97 Å². The molecule has 1 heterocycles. The smallest absolute Gasteiger partial charge is 0.306 e. The largest absolute Gasteiger partial charge is 0.481 e. The van der Waals surface area contributed by atoms with Crippen LogP contribution in [0.3, 0.4) is 0 Å². The van der Waals surface area contributed by atoms with E-state index < -0.39 is 27.6 Å². The predicted molar refractivity (Wildman–Crippen MR) is 77.6 cm³/mol. The average molecular weight is 306 g/mol. The van der Waals surface area contributed by atoms with E-state index >= 15 is 0 Å². The van der Waals surface area contributed by atoms with Crippen LogP contribution in [0.5, 0.6) is 0 Å². The number of piperidine rings is 1. The Morgan fingerprint density at radius 2 is 1.65 bits per heavy atom. The van der Waals surface area contributed by atoms with Gasteiger partial charge in [0.25, 0.3) is 10.2 Å². The Morgan fingerprint density at radius 1 is 1.20 bits per heavy atom. The Balaban J connectivity index is 2.73. The second kappa shape index (κ2) is 6.87. The number of carboxylic acid groups (broad SMARTS) is 1. The zero-order chi connectivity index (χ0) is 15.4. The summed E-state index contributed by atoms with van der Waals surface area (Å²) in [5.41, 5.74) is -0.400. The van der Waals surface area contributed by atoms with Crippen molar-refractivity contribution in [3.63, 3.8) is 0 Å². The van der Waals surface area contributed by atoms with E-state index in [1.54, 1.807) is 0 Å². The first-order valence-electron chi connectivity index (χ1n) is 7.32. The lowest BCUT2D eigenvalue weighted by atomic mass is 9.91. The van der Waals surface area contributed by atoms with Crippen LogP contribution in [0.4, 0.5) is 0 Å². The monoisotopic (exact) mass is 306 g/mol. The van der Waals surface area contributed by atoms with Crippen molar-refractivity contribution in [1.82, 2.24) is 9.03 Å². The van der Waals surface area contributed by atoms with Gasteiger partial charge in [-0.25, -0.2) is 0 Å². The molecule has 1 saturated heterocycles. The summed E-state index contributed by atoms with van der Waals surface area (Å²) in [6.07, 6.45) is 2.99. The van der Waals surface area contributed by atoms with Crippen LogP contribution in [0, 0.1) is 5.92 Å². The molecule has 0 radical (unpaired) electrons. The van der Waals surface area contributed by atoms with E-state index in [1.807, 2.05) is 20.8 Å². The molecule has 0 unspecified atom stereocenters. The maximum atomic E-state index is 12.4. The first-order chi connectivity index (χ1) is 9.30. The Kier molecular flexibility index (Phi) is 5.97. The SMILES string of the molecule is CCC(CC)(CC)NS(=O)(=O)N1CCC(C(=O)O)CC1. The third kappa shape index (κ3) is 3.93. The third-order valence-corrected chi connectivity index (χ3v) is 6.25. The molecule has 118 valence electrons. The molecule has 0 atom stereocenters. The van der Waals surface area contributed by atoms with Gasteiger partial charge in [0.15, 0.2) is 0 Å². The first-order valence-corrected chi connectivity index (χ1v) is 8.76. The lowest BCUT2D eigenvalue weighted by Crippen LogP contribution is -2.54. The maximum absolute atomic E-state index is 12.4. The van der Waals surface area contributed by atoms with Crippen LogP contribution in [0.15, 0.2) is 0 Å². The highest BCUT2D eigenvalue weighted by atomic mass is 32.2. The topological polar surface area (TPSA) is 86.7 Å². The van der Waals surface area contributed by atoms with Crippen molar-refractivity contribution >= 4 is 16.2 Å². The van der Waals surface area contributed by atoms with Gasteiger partial charge in [-0.2, -0.15) is 17.4 Å². The molecule has 1 rings (SSSR count). The summed E-state index contributed by atoms with van der Waals surface area (Å²) in [6, 6.07) is 0. The van der Waals surface area contributed by atoms with Gasteiger partial charge < -0.3 is 5.11 Å². The summed E-state index contributed by atoms with van der Waals surface area (Å²) in [4.78, 5) is 10.9. The maximum Gasteiger partial charge on any atom is 0.306 e. The van der Waals surface area contributed by atoms with E-state index in [4.69, 9.17) is 5.11 Å². The average Bonchev–Trinajstić information content (AvgIpc) is 2.45. The summed E-state index contributed by atoms with van der Waals surface area (Å²) in [6.45, 7) is 6.49. The second-order valence-corrected chi connectivity index (χ2v) is 7.13. The first kappa shape index (κ1) is 17.4. The molecule has 0 aromatic carbocycles. The van der Waals surface area contributed by atoms with E-state index in [0.29, 0.717) is 12.8 Å². The highest BCUT2D eigenvalue weighted by Crippen LogP contribution is 2.24. The molecule has 1 aliphatic rings. The highest BCUT2D eigenvalue weighted by Gasteiger charge is 2.35. The van der Waals surface area contributed by atoms with Crippen LogP contribution in [0.25, 0.3) is 0 Å².